The molecule has 0 saturated heterocycles. The molecule has 0 fully saturated rings. The van der Waals surface area contributed by atoms with Gasteiger partial charge in [-0.05, 0) is 143 Å². The molecular formula is C50H50N12O5S. The lowest BCUT2D eigenvalue weighted by atomic mass is 10.0. The van der Waals surface area contributed by atoms with Gasteiger partial charge in [0.25, 0.3) is 10.1 Å². The van der Waals surface area contributed by atoms with Gasteiger partial charge in [0.1, 0.15) is 5.82 Å². The van der Waals surface area contributed by atoms with Gasteiger partial charge in [0.15, 0.2) is 11.5 Å². The summed E-state index contributed by atoms with van der Waals surface area (Å²) in [5.74, 6) is 0.380. The molecule has 17 nitrogen and oxygen atoms in total. The SMILES string of the molecule is Cc1cc(-c2cc3ncccc3c(N)n2)cc(C)c1S(=O)(=O)O.Cc1ncc(C)c2nc(CCC(=O)O)ccc12.Cc1ncc(C)c2nc(CCc3nc4c5cccnc5ccn4n3)ccc12.N. The van der Waals surface area contributed by atoms with Crippen molar-refractivity contribution in [1.82, 2.24) is 55.6 Å². The number of hydrogen-bond donors (Lipinski definition) is 4. The van der Waals surface area contributed by atoms with Crippen molar-refractivity contribution in [3.05, 3.63) is 155 Å². The molecule has 0 unspecified atom stereocenters. The number of aryl methyl sites for hydroxylation is 9. The van der Waals surface area contributed by atoms with Crippen LogP contribution < -0.4 is 11.9 Å². The molecule has 0 radical (unpaired) electrons. The Morgan fingerprint density at radius 2 is 1.22 bits per heavy atom. The van der Waals surface area contributed by atoms with E-state index in [4.69, 9.17) is 20.8 Å². The third-order valence-corrected chi connectivity index (χ3v) is 12.5. The maximum atomic E-state index is 11.5. The molecule has 68 heavy (non-hydrogen) atoms. The molecule has 9 heterocycles. The Morgan fingerprint density at radius 3 is 1.81 bits per heavy atom. The van der Waals surface area contributed by atoms with E-state index in [-0.39, 0.29) is 17.5 Å². The Hall–Kier alpha value is -7.93. The van der Waals surface area contributed by atoms with Gasteiger partial charge in [-0.1, -0.05) is 0 Å². The molecular weight excluding hydrogens is 881 g/mol. The highest BCUT2D eigenvalue weighted by molar-refractivity contribution is 7.86. The molecule has 0 bridgehead atoms. The van der Waals surface area contributed by atoms with Crippen molar-refractivity contribution in [2.24, 2.45) is 0 Å². The Kier molecular flexibility index (Phi) is 14.0. The van der Waals surface area contributed by atoms with Gasteiger partial charge in [0.2, 0.25) is 0 Å². The zero-order valence-electron chi connectivity index (χ0n) is 38.4. The molecule has 7 N–H and O–H groups in total. The summed E-state index contributed by atoms with van der Waals surface area (Å²) in [5, 5.41) is 17.2. The topological polar surface area (TPSA) is 273 Å². The van der Waals surface area contributed by atoms with Crippen LogP contribution in [0.4, 0.5) is 5.82 Å². The van der Waals surface area contributed by atoms with E-state index in [0.717, 1.165) is 96.3 Å². The zero-order chi connectivity index (χ0) is 47.6. The second-order valence-corrected chi connectivity index (χ2v) is 17.6. The number of aliphatic carboxylic acids is 1. The molecule has 0 aliphatic carbocycles. The largest absolute Gasteiger partial charge is 0.481 e. The molecule has 10 rings (SSSR count). The summed E-state index contributed by atoms with van der Waals surface area (Å²) < 4.78 is 34.1. The van der Waals surface area contributed by atoms with E-state index < -0.39 is 16.1 Å². The van der Waals surface area contributed by atoms with Crippen molar-refractivity contribution in [3.63, 3.8) is 0 Å². The number of rotatable bonds is 8. The van der Waals surface area contributed by atoms with E-state index in [1.807, 2.05) is 81.0 Å². The van der Waals surface area contributed by atoms with Gasteiger partial charge >= 0.3 is 5.97 Å². The minimum Gasteiger partial charge on any atom is -0.481 e. The highest BCUT2D eigenvalue weighted by Crippen LogP contribution is 2.30. The summed E-state index contributed by atoms with van der Waals surface area (Å²) in [4.78, 5) is 46.2. The Labute approximate surface area is 392 Å². The average Bonchev–Trinajstić information content (AvgIpc) is 3.74. The van der Waals surface area contributed by atoms with Crippen LogP contribution in [0.5, 0.6) is 0 Å². The Morgan fingerprint density at radius 1 is 0.647 bits per heavy atom. The van der Waals surface area contributed by atoms with Crippen molar-refractivity contribution in [2.75, 3.05) is 5.73 Å². The number of carboxylic acid groups (broad SMARTS) is 1. The van der Waals surface area contributed by atoms with Crippen molar-refractivity contribution >= 4 is 71.2 Å². The van der Waals surface area contributed by atoms with Crippen LogP contribution in [-0.2, 0) is 34.2 Å². The quantitative estimate of drug-likeness (QED) is 0.104. The summed E-state index contributed by atoms with van der Waals surface area (Å²) in [6.45, 7) is 11.2. The van der Waals surface area contributed by atoms with Crippen LogP contribution >= 0.6 is 0 Å². The van der Waals surface area contributed by atoms with Crippen LogP contribution in [0.2, 0.25) is 0 Å². The Bertz CT molecular complexity index is 3630. The van der Waals surface area contributed by atoms with Crippen LogP contribution in [-0.4, -0.2) is 73.5 Å². The first-order chi connectivity index (χ1) is 32.0. The number of anilines is 1. The van der Waals surface area contributed by atoms with Gasteiger partial charge in [-0.15, -0.1) is 0 Å². The van der Waals surface area contributed by atoms with Gasteiger partial charge in [0, 0.05) is 93.7 Å². The molecule has 0 atom stereocenters. The third kappa shape index (κ3) is 10.4. The maximum Gasteiger partial charge on any atom is 0.303 e. The third-order valence-electron chi connectivity index (χ3n) is 11.3. The predicted octanol–water partition coefficient (Wildman–Crippen LogP) is 8.79. The van der Waals surface area contributed by atoms with E-state index in [2.05, 4.69) is 47.1 Å². The fourth-order valence-electron chi connectivity index (χ4n) is 7.98. The van der Waals surface area contributed by atoms with Crippen LogP contribution in [0.15, 0.2) is 109 Å². The van der Waals surface area contributed by atoms with Crippen LogP contribution in [0.3, 0.4) is 0 Å². The van der Waals surface area contributed by atoms with E-state index in [9.17, 15) is 17.8 Å². The number of carboxylic acids is 1. The van der Waals surface area contributed by atoms with Gasteiger partial charge in [-0.25, -0.2) is 14.5 Å². The standard InChI is InChI=1S/C21H18N6.C16H15N3O3S.C13H14N2O2.H3N/c1-13-12-23-14(2)16-7-5-15(24-20(13)16)6-8-19-25-21-17-4-3-10-22-18(17)9-11-27(21)26-19;1-9-6-11(7-10(2)15(9)23(20,21)22)13-8-14-12(16(17)19-13)4-3-5-18-14;1-8-7-14-9(2)11-5-3-10(15-13(8)11)4-6-12(16)17;/h3-5,7,9-12H,6,8H2,1-2H3;3-8H,1-2H3,(H2,17,19)(H,20,21,22);3,5,7H,4,6H2,1-2H3,(H,16,17);1H3. The molecule has 9 aromatic heterocycles. The highest BCUT2D eigenvalue weighted by Gasteiger charge is 2.19. The zero-order valence-corrected chi connectivity index (χ0v) is 39.2. The van der Waals surface area contributed by atoms with E-state index in [1.54, 1.807) is 56.7 Å². The van der Waals surface area contributed by atoms with Crippen LogP contribution in [0.25, 0.3) is 60.5 Å². The minimum atomic E-state index is -4.26. The minimum absolute atomic E-state index is 0. The van der Waals surface area contributed by atoms with Crippen LogP contribution in [0, 0.1) is 41.5 Å². The number of carbonyl (C=O) groups is 1. The lowest BCUT2D eigenvalue weighted by Gasteiger charge is -2.11. The first-order valence-electron chi connectivity index (χ1n) is 21.4. The number of aromatic nitrogens is 10. The van der Waals surface area contributed by atoms with E-state index >= 15 is 0 Å². The highest BCUT2D eigenvalue weighted by atomic mass is 32.2. The number of nitrogens with zero attached hydrogens (tertiary/aromatic N) is 10. The van der Waals surface area contributed by atoms with Crippen molar-refractivity contribution in [3.8, 4) is 11.3 Å². The Balaban J connectivity index is 0.000000154. The molecule has 346 valence electrons. The first-order valence-corrected chi connectivity index (χ1v) is 22.8. The fraction of sp³-hybridized carbons (Fsp3) is 0.200. The van der Waals surface area contributed by atoms with Gasteiger partial charge in [-0.2, -0.15) is 13.5 Å². The number of benzene rings is 1. The maximum absolute atomic E-state index is 11.5. The van der Waals surface area contributed by atoms with Gasteiger partial charge in [0.05, 0.1) is 39.1 Å². The summed E-state index contributed by atoms with van der Waals surface area (Å²) >= 11 is 0. The lowest BCUT2D eigenvalue weighted by molar-refractivity contribution is -0.137. The first kappa shape index (κ1) is 48.0. The molecule has 1 aromatic carbocycles. The molecule has 18 heteroatoms. The smallest absolute Gasteiger partial charge is 0.303 e. The lowest BCUT2D eigenvalue weighted by Crippen LogP contribution is -2.04. The van der Waals surface area contributed by atoms with Crippen LogP contribution in [0.1, 0.15) is 57.3 Å². The fourth-order valence-corrected chi connectivity index (χ4v) is 8.91. The van der Waals surface area contributed by atoms with Crippen molar-refractivity contribution in [2.45, 2.75) is 72.1 Å². The molecule has 0 aliphatic rings. The summed E-state index contributed by atoms with van der Waals surface area (Å²) in [5.41, 5.74) is 18.6. The van der Waals surface area contributed by atoms with Crippen molar-refractivity contribution < 1.29 is 22.9 Å². The molecule has 0 saturated carbocycles. The monoisotopic (exact) mass is 930 g/mol. The number of nitrogens with two attached hydrogens (primary N) is 1. The number of hydrogen-bond acceptors (Lipinski definition) is 14. The van der Waals surface area contributed by atoms with Gasteiger partial charge in [-0.3, -0.25) is 39.3 Å². The summed E-state index contributed by atoms with van der Waals surface area (Å²) in [6, 6.07) is 22.7. The molecule has 0 aliphatic heterocycles. The second-order valence-electron chi connectivity index (χ2n) is 16.3. The van der Waals surface area contributed by atoms with Crippen molar-refractivity contribution in [1.29, 1.82) is 0 Å². The normalized spacial score (nSPS) is 11.3. The second kappa shape index (κ2) is 19.9. The number of nitrogen functional groups attached to an aromatic ring is 1. The molecule has 10 aromatic rings. The summed E-state index contributed by atoms with van der Waals surface area (Å²) in [7, 11) is -4.26. The number of pyridine rings is 8. The summed E-state index contributed by atoms with van der Waals surface area (Å²) in [6.07, 6.45) is 11.2. The molecule has 0 amide bonds. The predicted molar refractivity (Wildman–Crippen MR) is 263 cm³/mol. The van der Waals surface area contributed by atoms with E-state index in [1.165, 1.54) is 0 Å². The average molecular weight is 931 g/mol. The van der Waals surface area contributed by atoms with Gasteiger partial charge < -0.3 is 17.0 Å². The molecule has 0 spiro atoms. The van der Waals surface area contributed by atoms with E-state index in [0.29, 0.717) is 40.1 Å². The number of fused-ring (bicyclic) bond motifs is 6.